The van der Waals surface area contributed by atoms with E-state index in [1.807, 2.05) is 0 Å². The molecular formula is C26H42O4. The lowest BCUT2D eigenvalue weighted by atomic mass is 9.70. The van der Waals surface area contributed by atoms with Gasteiger partial charge in [0.05, 0.1) is 0 Å². The van der Waals surface area contributed by atoms with E-state index < -0.39 is 11.2 Å². The van der Waals surface area contributed by atoms with Gasteiger partial charge in [-0.05, 0) is 84.0 Å². The molecule has 2 saturated carbocycles. The second-order valence-electron chi connectivity index (χ2n) is 10.0. The largest absolute Gasteiger partial charge is 0.456 e. The highest BCUT2D eigenvalue weighted by molar-refractivity contribution is 5.87. The number of hydrogen-bond acceptors (Lipinski definition) is 4. The molecule has 0 aromatic carbocycles. The van der Waals surface area contributed by atoms with E-state index in [4.69, 9.17) is 9.47 Å². The molecule has 2 aliphatic carbocycles. The van der Waals surface area contributed by atoms with Crippen molar-refractivity contribution >= 4 is 11.9 Å². The van der Waals surface area contributed by atoms with Crippen molar-refractivity contribution in [2.75, 3.05) is 0 Å². The Hall–Kier alpha value is -1.58. The van der Waals surface area contributed by atoms with E-state index in [9.17, 15) is 9.59 Å². The number of ether oxygens (including phenoxy) is 2. The highest BCUT2D eigenvalue weighted by Gasteiger charge is 2.43. The fourth-order valence-corrected chi connectivity index (χ4v) is 5.45. The topological polar surface area (TPSA) is 52.6 Å². The Morgan fingerprint density at radius 1 is 1.00 bits per heavy atom. The van der Waals surface area contributed by atoms with Gasteiger partial charge in [0.1, 0.15) is 11.2 Å². The molecule has 0 amide bonds. The van der Waals surface area contributed by atoms with Crippen molar-refractivity contribution in [2.24, 2.45) is 11.8 Å². The molecule has 0 spiro atoms. The first kappa shape index (κ1) is 24.7. The third-order valence-corrected chi connectivity index (χ3v) is 7.29. The minimum absolute atomic E-state index is 0.258. The zero-order chi connectivity index (χ0) is 22.4. The van der Waals surface area contributed by atoms with Crippen molar-refractivity contribution in [3.05, 3.63) is 24.3 Å². The van der Waals surface area contributed by atoms with Crippen LogP contribution in [0.3, 0.4) is 0 Å². The van der Waals surface area contributed by atoms with Crippen LogP contribution in [0.25, 0.3) is 0 Å². The van der Waals surface area contributed by atoms with E-state index in [1.165, 1.54) is 19.3 Å². The third-order valence-electron chi connectivity index (χ3n) is 7.29. The van der Waals surface area contributed by atoms with Crippen LogP contribution < -0.4 is 0 Å². The van der Waals surface area contributed by atoms with E-state index in [1.54, 1.807) is 13.8 Å². The van der Waals surface area contributed by atoms with Gasteiger partial charge in [-0.25, -0.2) is 9.59 Å². The van der Waals surface area contributed by atoms with Gasteiger partial charge in [0.15, 0.2) is 0 Å². The second kappa shape index (κ2) is 10.6. The highest BCUT2D eigenvalue weighted by atomic mass is 16.6. The lowest BCUT2D eigenvalue weighted by Gasteiger charge is -2.44. The SMILES string of the molecule is C=C(C)C(=O)OC1(C)CCCC(CCC(CC)(OC(=O)C(=C)C)C2CCCCC2)C1. The molecule has 0 aromatic heterocycles. The maximum atomic E-state index is 12.5. The van der Waals surface area contributed by atoms with Crippen LogP contribution in [0.4, 0.5) is 0 Å². The minimum Gasteiger partial charge on any atom is -0.456 e. The molecule has 4 nitrogen and oxygen atoms in total. The zero-order valence-corrected chi connectivity index (χ0v) is 19.7. The maximum absolute atomic E-state index is 12.5. The van der Waals surface area contributed by atoms with Crippen molar-refractivity contribution in [1.82, 2.24) is 0 Å². The predicted octanol–water partition coefficient (Wildman–Crippen LogP) is 6.68. The van der Waals surface area contributed by atoms with E-state index in [2.05, 4.69) is 27.0 Å². The molecule has 4 heteroatoms. The first-order valence-electron chi connectivity index (χ1n) is 11.9. The summed E-state index contributed by atoms with van der Waals surface area (Å²) in [7, 11) is 0. The van der Waals surface area contributed by atoms with Crippen molar-refractivity contribution in [3.8, 4) is 0 Å². The first-order chi connectivity index (χ1) is 14.1. The number of rotatable bonds is 9. The summed E-state index contributed by atoms with van der Waals surface area (Å²) in [5.41, 5.74) is 0.0964. The quantitative estimate of drug-likeness (QED) is 0.309. The summed E-state index contributed by atoms with van der Waals surface area (Å²) in [5, 5.41) is 0. The van der Waals surface area contributed by atoms with E-state index in [-0.39, 0.29) is 11.9 Å². The normalized spacial score (nSPS) is 27.0. The van der Waals surface area contributed by atoms with Gasteiger partial charge in [0.2, 0.25) is 0 Å². The fraction of sp³-hybridized carbons (Fsp3) is 0.769. The molecule has 3 atom stereocenters. The molecule has 3 unspecified atom stereocenters. The molecule has 0 bridgehead atoms. The summed E-state index contributed by atoms with van der Waals surface area (Å²) in [4.78, 5) is 24.6. The van der Waals surface area contributed by atoms with E-state index >= 15 is 0 Å². The zero-order valence-electron chi connectivity index (χ0n) is 19.7. The van der Waals surface area contributed by atoms with E-state index in [0.29, 0.717) is 23.0 Å². The molecule has 170 valence electrons. The van der Waals surface area contributed by atoms with Crippen molar-refractivity contribution in [2.45, 2.75) is 116 Å². The minimum atomic E-state index is -0.424. The van der Waals surface area contributed by atoms with Gasteiger partial charge in [0, 0.05) is 11.1 Å². The summed E-state index contributed by atoms with van der Waals surface area (Å²) in [6, 6.07) is 0. The molecule has 0 saturated heterocycles. The van der Waals surface area contributed by atoms with Crippen LogP contribution in [0, 0.1) is 11.8 Å². The van der Waals surface area contributed by atoms with Gasteiger partial charge in [-0.2, -0.15) is 0 Å². The Morgan fingerprint density at radius 3 is 2.20 bits per heavy atom. The number of esters is 2. The van der Waals surface area contributed by atoms with Gasteiger partial charge < -0.3 is 9.47 Å². The number of carbonyl (C=O) groups is 2. The summed E-state index contributed by atoms with van der Waals surface area (Å²) < 4.78 is 12.0. The van der Waals surface area contributed by atoms with Gasteiger partial charge in [0.25, 0.3) is 0 Å². The Bertz CT molecular complexity index is 645. The average Bonchev–Trinajstić information content (AvgIpc) is 2.71. The van der Waals surface area contributed by atoms with Crippen molar-refractivity contribution in [1.29, 1.82) is 0 Å². The van der Waals surface area contributed by atoms with Gasteiger partial charge >= 0.3 is 11.9 Å². The van der Waals surface area contributed by atoms with Crippen molar-refractivity contribution < 1.29 is 19.1 Å². The molecule has 30 heavy (non-hydrogen) atoms. The lowest BCUT2D eigenvalue weighted by molar-refractivity contribution is -0.167. The van der Waals surface area contributed by atoms with Crippen LogP contribution in [-0.4, -0.2) is 23.1 Å². The summed E-state index contributed by atoms with van der Waals surface area (Å²) in [6.45, 7) is 15.1. The van der Waals surface area contributed by atoms with Crippen LogP contribution in [-0.2, 0) is 19.1 Å². The Balaban J connectivity index is 2.09. The maximum Gasteiger partial charge on any atom is 0.333 e. The molecular weight excluding hydrogens is 376 g/mol. The van der Waals surface area contributed by atoms with Crippen LogP contribution >= 0.6 is 0 Å². The van der Waals surface area contributed by atoms with Crippen LogP contribution in [0.5, 0.6) is 0 Å². The average molecular weight is 419 g/mol. The van der Waals surface area contributed by atoms with Crippen molar-refractivity contribution in [3.63, 3.8) is 0 Å². The summed E-state index contributed by atoms with van der Waals surface area (Å²) in [6.07, 6.45) is 12.6. The Kier molecular flexibility index (Phi) is 8.75. The van der Waals surface area contributed by atoms with Gasteiger partial charge in [-0.1, -0.05) is 45.8 Å². The molecule has 2 rings (SSSR count). The van der Waals surface area contributed by atoms with Crippen LogP contribution in [0.2, 0.25) is 0 Å². The predicted molar refractivity (Wildman–Crippen MR) is 121 cm³/mol. The standard InChI is InChI=1S/C26H42O4/c1-7-26(30-24(28)20(4)5,22-13-9-8-10-14-22)17-15-21-12-11-16-25(6,18-21)29-23(27)19(2)3/h21-22H,2,4,7-18H2,1,3,5-6H3. The lowest BCUT2D eigenvalue weighted by Crippen LogP contribution is -2.44. The monoisotopic (exact) mass is 418 g/mol. The van der Waals surface area contributed by atoms with Gasteiger partial charge in [-0.3, -0.25) is 0 Å². The molecule has 0 aromatic rings. The Labute approximate surface area is 183 Å². The summed E-state index contributed by atoms with van der Waals surface area (Å²) in [5.74, 6) is 0.348. The second-order valence-corrected chi connectivity index (χ2v) is 10.0. The summed E-state index contributed by atoms with van der Waals surface area (Å²) >= 11 is 0. The smallest absolute Gasteiger partial charge is 0.333 e. The molecule has 0 heterocycles. The third kappa shape index (κ3) is 6.46. The number of carbonyl (C=O) groups excluding carboxylic acids is 2. The number of hydrogen-bond donors (Lipinski definition) is 0. The Morgan fingerprint density at radius 2 is 1.63 bits per heavy atom. The van der Waals surface area contributed by atoms with E-state index in [0.717, 1.165) is 57.8 Å². The van der Waals surface area contributed by atoms with Crippen LogP contribution in [0.1, 0.15) is 105 Å². The highest BCUT2D eigenvalue weighted by Crippen LogP contribution is 2.44. The fourth-order valence-electron chi connectivity index (χ4n) is 5.45. The molecule has 0 radical (unpaired) electrons. The molecule has 2 fully saturated rings. The van der Waals surface area contributed by atoms with Gasteiger partial charge in [-0.15, -0.1) is 0 Å². The molecule has 0 N–H and O–H groups in total. The van der Waals surface area contributed by atoms with Crippen LogP contribution in [0.15, 0.2) is 24.3 Å². The first-order valence-corrected chi connectivity index (χ1v) is 11.9. The molecule has 0 aliphatic heterocycles. The molecule has 2 aliphatic rings.